The van der Waals surface area contributed by atoms with Crippen molar-refractivity contribution in [3.8, 4) is 0 Å². The van der Waals surface area contributed by atoms with Crippen molar-refractivity contribution in [2.45, 2.75) is 11.3 Å². The van der Waals surface area contributed by atoms with Crippen LogP contribution >= 0.6 is 11.6 Å². The minimum Gasteiger partial charge on any atom is -0.352 e. The van der Waals surface area contributed by atoms with Crippen molar-refractivity contribution < 1.29 is 18.0 Å². The number of hydrogen-bond acceptors (Lipinski definition) is 4. The van der Waals surface area contributed by atoms with Crippen molar-refractivity contribution in [1.82, 2.24) is 5.32 Å². The number of benzene rings is 4. The molecule has 194 valence electrons. The zero-order chi connectivity index (χ0) is 27.1. The summed E-state index contributed by atoms with van der Waals surface area (Å²) in [5.74, 6) is -0.717. The fraction of sp³-hybridized carbons (Fsp3) is 0.103. The number of rotatable bonds is 9. The molecule has 0 aromatic heterocycles. The highest BCUT2D eigenvalue weighted by molar-refractivity contribution is 7.92. The number of anilines is 2. The molecular weight excluding hydrogens is 522 g/mol. The number of nitrogens with zero attached hydrogens (tertiary/aromatic N) is 1. The summed E-state index contributed by atoms with van der Waals surface area (Å²) in [5.41, 5.74) is 2.53. The van der Waals surface area contributed by atoms with Crippen molar-refractivity contribution in [2.75, 3.05) is 23.2 Å². The Bertz CT molecular complexity index is 1520. The summed E-state index contributed by atoms with van der Waals surface area (Å²) in [6.45, 7) is 0.457. The van der Waals surface area contributed by atoms with Gasteiger partial charge in [-0.1, -0.05) is 54.1 Å². The molecule has 0 heterocycles. The number of sulfonamides is 1. The first kappa shape index (κ1) is 26.9. The van der Waals surface area contributed by atoms with Crippen LogP contribution < -0.4 is 14.9 Å². The van der Waals surface area contributed by atoms with Crippen LogP contribution in [0.1, 0.15) is 26.3 Å². The summed E-state index contributed by atoms with van der Waals surface area (Å²) < 4.78 is 27.0. The van der Waals surface area contributed by atoms with Gasteiger partial charge >= 0.3 is 0 Å². The Balaban J connectivity index is 1.42. The van der Waals surface area contributed by atoms with Crippen LogP contribution in [0, 0.1) is 0 Å². The Morgan fingerprint density at radius 3 is 2.11 bits per heavy atom. The third-order valence-corrected chi connectivity index (χ3v) is 7.98. The van der Waals surface area contributed by atoms with Gasteiger partial charge in [0.05, 0.1) is 21.8 Å². The second-order valence-corrected chi connectivity index (χ2v) is 10.9. The summed E-state index contributed by atoms with van der Waals surface area (Å²) in [6.07, 6.45) is 0.690. The maximum atomic E-state index is 12.9. The Kier molecular flexibility index (Phi) is 8.45. The topological polar surface area (TPSA) is 95.6 Å². The predicted molar refractivity (Wildman–Crippen MR) is 150 cm³/mol. The van der Waals surface area contributed by atoms with E-state index in [-0.39, 0.29) is 10.8 Å². The van der Waals surface area contributed by atoms with E-state index in [0.29, 0.717) is 40.5 Å². The Hall–Kier alpha value is -4.14. The molecule has 0 aliphatic heterocycles. The number of amides is 2. The number of nitrogens with one attached hydrogen (secondary N) is 2. The minimum atomic E-state index is -3.80. The molecule has 0 fully saturated rings. The zero-order valence-corrected chi connectivity index (χ0v) is 22.2. The second kappa shape index (κ2) is 11.9. The lowest BCUT2D eigenvalue weighted by atomic mass is 10.1. The highest BCUT2D eigenvalue weighted by Gasteiger charge is 2.21. The van der Waals surface area contributed by atoms with Gasteiger partial charge in [0, 0.05) is 24.2 Å². The van der Waals surface area contributed by atoms with E-state index in [0.717, 1.165) is 9.87 Å². The van der Waals surface area contributed by atoms with Crippen molar-refractivity contribution in [3.05, 3.63) is 125 Å². The molecule has 2 amide bonds. The van der Waals surface area contributed by atoms with Crippen molar-refractivity contribution in [3.63, 3.8) is 0 Å². The largest absolute Gasteiger partial charge is 0.352 e. The first-order valence-corrected chi connectivity index (χ1v) is 13.6. The predicted octanol–water partition coefficient (Wildman–Crippen LogP) is 5.39. The van der Waals surface area contributed by atoms with Crippen LogP contribution in [-0.2, 0) is 16.4 Å². The van der Waals surface area contributed by atoms with Crippen LogP contribution in [0.15, 0.2) is 108 Å². The lowest BCUT2D eigenvalue weighted by molar-refractivity contribution is 0.0955. The molecule has 4 aromatic rings. The van der Waals surface area contributed by atoms with Gasteiger partial charge in [-0.3, -0.25) is 13.9 Å². The third kappa shape index (κ3) is 6.40. The number of hydrogen-bond donors (Lipinski definition) is 2. The molecule has 0 saturated heterocycles. The van der Waals surface area contributed by atoms with E-state index < -0.39 is 15.9 Å². The monoisotopic (exact) mass is 547 g/mol. The molecule has 38 heavy (non-hydrogen) atoms. The van der Waals surface area contributed by atoms with Crippen LogP contribution in [0.4, 0.5) is 11.4 Å². The highest BCUT2D eigenvalue weighted by Crippen LogP contribution is 2.24. The first-order valence-electron chi connectivity index (χ1n) is 11.8. The van der Waals surface area contributed by atoms with E-state index in [1.54, 1.807) is 36.4 Å². The summed E-state index contributed by atoms with van der Waals surface area (Å²) in [6, 6.07) is 28.6. The molecule has 0 radical (unpaired) electrons. The lowest BCUT2D eigenvalue weighted by Gasteiger charge is -2.20. The summed E-state index contributed by atoms with van der Waals surface area (Å²) >= 11 is 5.87. The molecule has 0 atom stereocenters. The molecule has 2 N–H and O–H groups in total. The summed E-state index contributed by atoms with van der Waals surface area (Å²) in [7, 11) is -2.37. The van der Waals surface area contributed by atoms with Gasteiger partial charge in [-0.05, 0) is 72.6 Å². The molecule has 0 bridgehead atoms. The molecule has 4 aromatic carbocycles. The van der Waals surface area contributed by atoms with Gasteiger partial charge in [0.2, 0.25) is 0 Å². The molecule has 0 spiro atoms. The van der Waals surface area contributed by atoms with Gasteiger partial charge in [0.15, 0.2) is 0 Å². The van der Waals surface area contributed by atoms with Crippen LogP contribution in [0.2, 0.25) is 5.02 Å². The number of halogens is 1. The number of carbonyl (C=O) groups is 2. The van der Waals surface area contributed by atoms with E-state index in [2.05, 4.69) is 10.6 Å². The van der Waals surface area contributed by atoms with Crippen LogP contribution in [0.3, 0.4) is 0 Å². The van der Waals surface area contributed by atoms with Gasteiger partial charge in [0.1, 0.15) is 0 Å². The molecule has 4 rings (SSSR count). The van der Waals surface area contributed by atoms with Gasteiger partial charge in [-0.25, -0.2) is 8.42 Å². The van der Waals surface area contributed by atoms with Gasteiger partial charge < -0.3 is 10.6 Å². The third-order valence-electron chi connectivity index (χ3n) is 5.93. The zero-order valence-electron chi connectivity index (χ0n) is 20.6. The maximum absolute atomic E-state index is 12.9. The maximum Gasteiger partial charge on any atom is 0.264 e. The average Bonchev–Trinajstić information content (AvgIpc) is 2.93. The second-order valence-electron chi connectivity index (χ2n) is 8.46. The van der Waals surface area contributed by atoms with Crippen molar-refractivity contribution in [1.29, 1.82) is 0 Å². The number of para-hydroxylation sites is 1. The Morgan fingerprint density at radius 1 is 0.789 bits per heavy atom. The van der Waals surface area contributed by atoms with Gasteiger partial charge in [-0.15, -0.1) is 0 Å². The molecule has 0 unspecified atom stereocenters. The Morgan fingerprint density at radius 2 is 1.42 bits per heavy atom. The van der Waals surface area contributed by atoms with E-state index in [1.165, 1.54) is 43.4 Å². The van der Waals surface area contributed by atoms with Crippen molar-refractivity contribution >= 4 is 44.8 Å². The normalized spacial score (nSPS) is 11.0. The standard InChI is InChI=1S/C29H26ClN3O4S/c1-33(38(36,37)25-17-13-23(30)14-18-25)24-15-11-22(12-16-24)28(34)32-27-10-6-5-9-26(27)29(35)31-20-19-21-7-3-2-4-8-21/h2-18H,19-20H2,1H3,(H,31,35)(H,32,34). The molecular formula is C29H26ClN3O4S. The quantitative estimate of drug-likeness (QED) is 0.294. The van der Waals surface area contributed by atoms with Crippen LogP contribution in [0.25, 0.3) is 0 Å². The van der Waals surface area contributed by atoms with Crippen LogP contribution in [0.5, 0.6) is 0 Å². The average molecular weight is 548 g/mol. The lowest BCUT2D eigenvalue weighted by Crippen LogP contribution is -2.27. The van der Waals surface area contributed by atoms with E-state index in [4.69, 9.17) is 11.6 Å². The van der Waals surface area contributed by atoms with Gasteiger partial charge in [-0.2, -0.15) is 0 Å². The SMILES string of the molecule is CN(c1ccc(C(=O)Nc2ccccc2C(=O)NCCc2ccccc2)cc1)S(=O)(=O)c1ccc(Cl)cc1. The molecule has 0 aliphatic carbocycles. The Labute approximate surface area is 227 Å². The molecule has 0 saturated carbocycles. The van der Waals surface area contributed by atoms with Gasteiger partial charge in [0.25, 0.3) is 21.8 Å². The van der Waals surface area contributed by atoms with E-state index >= 15 is 0 Å². The molecule has 7 nitrogen and oxygen atoms in total. The van der Waals surface area contributed by atoms with Crippen molar-refractivity contribution in [2.24, 2.45) is 0 Å². The minimum absolute atomic E-state index is 0.102. The van der Waals surface area contributed by atoms with Crippen LogP contribution in [-0.4, -0.2) is 33.8 Å². The smallest absolute Gasteiger partial charge is 0.264 e. The fourth-order valence-corrected chi connectivity index (χ4v) is 5.09. The molecule has 9 heteroatoms. The van der Waals surface area contributed by atoms with E-state index in [9.17, 15) is 18.0 Å². The van der Waals surface area contributed by atoms with E-state index in [1.807, 2.05) is 30.3 Å². The summed E-state index contributed by atoms with van der Waals surface area (Å²) in [4.78, 5) is 25.8. The highest BCUT2D eigenvalue weighted by atomic mass is 35.5. The summed E-state index contributed by atoms with van der Waals surface area (Å²) in [5, 5.41) is 6.11. The molecule has 0 aliphatic rings. The fourth-order valence-electron chi connectivity index (χ4n) is 3.77. The number of carbonyl (C=O) groups excluding carboxylic acids is 2. The first-order chi connectivity index (χ1) is 18.3.